The molecule has 0 saturated carbocycles. The van der Waals surface area contributed by atoms with Crippen LogP contribution in [0.15, 0.2) is 52.7 Å². The first-order valence-electron chi connectivity index (χ1n) is 7.03. The van der Waals surface area contributed by atoms with E-state index in [0.717, 1.165) is 15.7 Å². The molecular formula is C16H11N5O2S. The summed E-state index contributed by atoms with van der Waals surface area (Å²) in [4.78, 5) is 19.2. The first kappa shape index (κ1) is 14.3. The number of nitrogen functional groups attached to an aromatic ring is 1. The third kappa shape index (κ3) is 2.38. The van der Waals surface area contributed by atoms with E-state index in [1.807, 2.05) is 12.1 Å². The van der Waals surface area contributed by atoms with Crippen molar-refractivity contribution in [3.8, 4) is 5.88 Å². The van der Waals surface area contributed by atoms with Gasteiger partial charge in [-0.2, -0.15) is 0 Å². The lowest BCUT2D eigenvalue weighted by atomic mass is 10.2. The lowest BCUT2D eigenvalue weighted by Gasteiger charge is -1.95. The van der Waals surface area contributed by atoms with Crippen molar-refractivity contribution >= 4 is 49.2 Å². The van der Waals surface area contributed by atoms with Crippen LogP contribution >= 0.6 is 11.3 Å². The van der Waals surface area contributed by atoms with E-state index in [0.29, 0.717) is 16.1 Å². The lowest BCUT2D eigenvalue weighted by Crippen LogP contribution is -1.92. The summed E-state index contributed by atoms with van der Waals surface area (Å²) in [5.74, 6) is -0.632. The number of thiazole rings is 1. The van der Waals surface area contributed by atoms with Crippen LogP contribution in [0.2, 0.25) is 0 Å². The summed E-state index contributed by atoms with van der Waals surface area (Å²) in [5.41, 5.74) is 7.74. The Balaban J connectivity index is 1.68. The Morgan fingerprint density at radius 1 is 1.25 bits per heavy atom. The van der Waals surface area contributed by atoms with Gasteiger partial charge in [0.1, 0.15) is 0 Å². The Kier molecular flexibility index (Phi) is 3.24. The van der Waals surface area contributed by atoms with Crippen molar-refractivity contribution < 1.29 is 9.90 Å². The van der Waals surface area contributed by atoms with Crippen LogP contribution < -0.4 is 5.73 Å². The number of carbonyl (C=O) groups excluding carboxylic acids is 1. The highest BCUT2D eigenvalue weighted by atomic mass is 32.1. The SMILES string of the molecule is Nc1nc2ccc(C(=O)N=Nc3c(O)[nH]c4ccccc34)cc2s1. The Bertz CT molecular complexity index is 1110. The fourth-order valence-electron chi connectivity index (χ4n) is 2.44. The molecule has 0 fully saturated rings. The molecule has 0 bridgehead atoms. The van der Waals surface area contributed by atoms with Gasteiger partial charge in [-0.05, 0) is 24.3 Å². The average Bonchev–Trinajstić information content (AvgIpc) is 3.10. The van der Waals surface area contributed by atoms with E-state index in [1.165, 1.54) is 11.3 Å². The maximum absolute atomic E-state index is 12.2. The fraction of sp³-hybridized carbons (Fsp3) is 0. The summed E-state index contributed by atoms with van der Waals surface area (Å²) in [5, 5.41) is 18.7. The number of nitrogens with two attached hydrogens (primary N) is 1. The highest BCUT2D eigenvalue weighted by Crippen LogP contribution is 2.35. The van der Waals surface area contributed by atoms with Gasteiger partial charge in [0.25, 0.3) is 5.91 Å². The number of aromatic nitrogens is 2. The van der Waals surface area contributed by atoms with E-state index >= 15 is 0 Å². The summed E-state index contributed by atoms with van der Waals surface area (Å²) in [6.07, 6.45) is 0. The van der Waals surface area contributed by atoms with Crippen molar-refractivity contribution in [2.24, 2.45) is 10.2 Å². The third-order valence-electron chi connectivity index (χ3n) is 3.55. The summed E-state index contributed by atoms with van der Waals surface area (Å²) >= 11 is 1.30. The molecule has 2 aromatic heterocycles. The molecule has 0 saturated heterocycles. The van der Waals surface area contributed by atoms with Gasteiger partial charge >= 0.3 is 0 Å². The molecule has 1 amide bonds. The molecule has 2 aromatic carbocycles. The lowest BCUT2D eigenvalue weighted by molar-refractivity contribution is 0.0995. The van der Waals surface area contributed by atoms with Gasteiger partial charge in [-0.3, -0.25) is 4.79 Å². The number of nitrogens with zero attached hydrogens (tertiary/aromatic N) is 3. The van der Waals surface area contributed by atoms with Gasteiger partial charge in [-0.25, -0.2) is 4.98 Å². The van der Waals surface area contributed by atoms with Gasteiger partial charge in [-0.15, -0.1) is 10.2 Å². The number of azo groups is 1. The van der Waals surface area contributed by atoms with Crippen molar-refractivity contribution in [3.63, 3.8) is 0 Å². The van der Waals surface area contributed by atoms with Gasteiger partial charge in [0.15, 0.2) is 10.8 Å². The van der Waals surface area contributed by atoms with Gasteiger partial charge < -0.3 is 15.8 Å². The van der Waals surface area contributed by atoms with Crippen LogP contribution in [0.5, 0.6) is 5.88 Å². The van der Waals surface area contributed by atoms with Gasteiger partial charge in [0.2, 0.25) is 5.88 Å². The van der Waals surface area contributed by atoms with Crippen molar-refractivity contribution in [3.05, 3.63) is 48.0 Å². The Morgan fingerprint density at radius 3 is 2.96 bits per heavy atom. The van der Waals surface area contributed by atoms with Crippen LogP contribution in [0.3, 0.4) is 0 Å². The maximum atomic E-state index is 12.2. The molecule has 4 aromatic rings. The minimum Gasteiger partial charge on any atom is -0.493 e. The van der Waals surface area contributed by atoms with Crippen LogP contribution in [0.4, 0.5) is 10.8 Å². The molecule has 0 aliphatic heterocycles. The van der Waals surface area contributed by atoms with Crippen LogP contribution in [0.25, 0.3) is 21.1 Å². The molecule has 0 spiro atoms. The number of hydrogen-bond donors (Lipinski definition) is 3. The topological polar surface area (TPSA) is 117 Å². The third-order valence-corrected chi connectivity index (χ3v) is 4.40. The molecule has 0 atom stereocenters. The molecule has 0 aliphatic carbocycles. The van der Waals surface area contributed by atoms with Gasteiger partial charge in [0.05, 0.1) is 15.7 Å². The van der Waals surface area contributed by atoms with Gasteiger partial charge in [-0.1, -0.05) is 29.5 Å². The number of benzene rings is 2. The van der Waals surface area contributed by atoms with Crippen LogP contribution in [-0.2, 0) is 0 Å². The Labute approximate surface area is 139 Å². The molecule has 4 rings (SSSR count). The van der Waals surface area contributed by atoms with E-state index in [1.54, 1.807) is 30.3 Å². The summed E-state index contributed by atoms with van der Waals surface area (Å²) in [6, 6.07) is 12.3. The monoisotopic (exact) mass is 337 g/mol. The molecule has 0 radical (unpaired) electrons. The van der Waals surface area contributed by atoms with Gasteiger partial charge in [0, 0.05) is 10.9 Å². The second kappa shape index (κ2) is 5.43. The number of aromatic amines is 1. The van der Waals surface area contributed by atoms with Crippen molar-refractivity contribution in [2.45, 2.75) is 0 Å². The van der Waals surface area contributed by atoms with Crippen LogP contribution in [0, 0.1) is 0 Å². The number of fused-ring (bicyclic) bond motifs is 2. The number of para-hydroxylation sites is 1. The number of amides is 1. The number of H-pyrrole nitrogens is 1. The first-order chi connectivity index (χ1) is 11.6. The second-order valence-electron chi connectivity index (χ2n) is 5.11. The number of carbonyl (C=O) groups is 1. The second-order valence-corrected chi connectivity index (χ2v) is 6.17. The highest BCUT2D eigenvalue weighted by molar-refractivity contribution is 7.22. The predicted molar refractivity (Wildman–Crippen MR) is 92.8 cm³/mol. The minimum atomic E-state index is -0.506. The van der Waals surface area contributed by atoms with Crippen molar-refractivity contribution in [2.75, 3.05) is 5.73 Å². The molecule has 0 aliphatic rings. The normalized spacial score (nSPS) is 11.7. The molecule has 24 heavy (non-hydrogen) atoms. The van der Waals surface area contributed by atoms with E-state index in [-0.39, 0.29) is 11.6 Å². The van der Waals surface area contributed by atoms with Crippen LogP contribution in [-0.4, -0.2) is 21.0 Å². The summed E-state index contributed by atoms with van der Waals surface area (Å²) in [6.45, 7) is 0. The number of rotatable bonds is 2. The minimum absolute atomic E-state index is 0.126. The molecule has 2 heterocycles. The summed E-state index contributed by atoms with van der Waals surface area (Å²) in [7, 11) is 0. The van der Waals surface area contributed by atoms with E-state index < -0.39 is 5.91 Å². The zero-order valence-corrected chi connectivity index (χ0v) is 13.0. The molecule has 8 heteroatoms. The highest BCUT2D eigenvalue weighted by Gasteiger charge is 2.12. The maximum Gasteiger partial charge on any atom is 0.295 e. The molecule has 4 N–H and O–H groups in total. The Morgan fingerprint density at radius 2 is 2.08 bits per heavy atom. The van der Waals surface area contributed by atoms with Crippen molar-refractivity contribution in [1.29, 1.82) is 0 Å². The smallest absolute Gasteiger partial charge is 0.295 e. The number of aromatic hydroxyl groups is 1. The summed E-state index contributed by atoms with van der Waals surface area (Å²) < 4.78 is 0.809. The van der Waals surface area contributed by atoms with Crippen LogP contribution in [0.1, 0.15) is 10.4 Å². The fourth-order valence-corrected chi connectivity index (χ4v) is 3.22. The molecule has 118 valence electrons. The standard InChI is InChI=1S/C16H11N5O2S/c17-16-19-11-6-5-8(7-12(11)24-16)14(22)21-20-13-9-3-1-2-4-10(9)18-15(13)23/h1-7,18,23H,(H2,17,19). The largest absolute Gasteiger partial charge is 0.493 e. The van der Waals surface area contributed by atoms with E-state index in [4.69, 9.17) is 5.73 Å². The number of hydrogen-bond acceptors (Lipinski definition) is 6. The van der Waals surface area contributed by atoms with E-state index in [2.05, 4.69) is 20.2 Å². The average molecular weight is 337 g/mol. The predicted octanol–water partition coefficient (Wildman–Crippen LogP) is 3.99. The van der Waals surface area contributed by atoms with Crippen molar-refractivity contribution in [1.82, 2.24) is 9.97 Å². The van der Waals surface area contributed by atoms with E-state index in [9.17, 15) is 9.90 Å². The first-order valence-corrected chi connectivity index (χ1v) is 7.85. The molecule has 7 nitrogen and oxygen atoms in total. The Hall–Kier alpha value is -3.26. The zero-order valence-electron chi connectivity index (χ0n) is 12.2. The number of anilines is 1. The zero-order chi connectivity index (χ0) is 16.7. The molecular weight excluding hydrogens is 326 g/mol. The molecule has 0 unspecified atom stereocenters. The quantitative estimate of drug-likeness (QED) is 0.479. The number of nitrogens with one attached hydrogen (secondary N) is 1.